The van der Waals surface area contributed by atoms with E-state index < -0.39 is 0 Å². The Hall–Kier alpha value is -1.17. The van der Waals surface area contributed by atoms with Gasteiger partial charge in [0.1, 0.15) is 6.61 Å². The second-order valence-corrected chi connectivity index (χ2v) is 6.95. The molecule has 0 saturated carbocycles. The molecule has 5 heteroatoms. The first-order valence-corrected chi connectivity index (χ1v) is 9.05. The minimum absolute atomic E-state index is 0.265. The molecule has 0 bridgehead atoms. The van der Waals surface area contributed by atoms with E-state index in [-0.39, 0.29) is 6.04 Å². The van der Waals surface area contributed by atoms with Crippen LogP contribution in [0.2, 0.25) is 0 Å². The van der Waals surface area contributed by atoms with Crippen LogP contribution in [0.4, 0.5) is 0 Å². The van der Waals surface area contributed by atoms with Crippen molar-refractivity contribution in [2.24, 2.45) is 5.73 Å². The summed E-state index contributed by atoms with van der Waals surface area (Å²) in [6.45, 7) is 5.95. The standard InChI is InChI=1S/C18H27N3OS/c1-14(7-10-19)20-11-8-16(9-12-20)21-17(13-22-18(21)23)15-5-3-2-4-6-15/h2-6,14,16-17H,7-13,19H2,1H3. The monoisotopic (exact) mass is 333 g/mol. The van der Waals surface area contributed by atoms with Gasteiger partial charge in [0.2, 0.25) is 0 Å². The Bertz CT molecular complexity index is 516. The Morgan fingerprint density at radius 3 is 2.61 bits per heavy atom. The molecule has 2 aliphatic rings. The second-order valence-electron chi connectivity index (χ2n) is 6.60. The SMILES string of the molecule is CC(CCN)N1CCC(N2C(=S)OCC2c2ccccc2)CC1. The average molecular weight is 334 g/mol. The van der Waals surface area contributed by atoms with Crippen molar-refractivity contribution in [2.45, 2.75) is 44.3 Å². The van der Waals surface area contributed by atoms with E-state index in [1.807, 2.05) is 0 Å². The molecular weight excluding hydrogens is 306 g/mol. The molecule has 0 radical (unpaired) electrons. The number of rotatable bonds is 5. The lowest BCUT2D eigenvalue weighted by atomic mass is 9.98. The minimum Gasteiger partial charge on any atom is -0.468 e. The van der Waals surface area contributed by atoms with Crippen LogP contribution < -0.4 is 5.73 Å². The number of ether oxygens (including phenoxy) is 1. The van der Waals surface area contributed by atoms with Gasteiger partial charge in [-0.2, -0.15) is 0 Å². The van der Waals surface area contributed by atoms with Gasteiger partial charge < -0.3 is 20.3 Å². The zero-order valence-corrected chi connectivity index (χ0v) is 14.7. The summed E-state index contributed by atoms with van der Waals surface area (Å²) in [6, 6.07) is 11.9. The Labute approximate surface area is 144 Å². The van der Waals surface area contributed by atoms with E-state index in [4.69, 9.17) is 22.7 Å². The van der Waals surface area contributed by atoms with Crippen LogP contribution >= 0.6 is 12.2 Å². The summed E-state index contributed by atoms with van der Waals surface area (Å²) in [6.07, 6.45) is 3.35. The zero-order chi connectivity index (χ0) is 16.2. The molecule has 2 saturated heterocycles. The topological polar surface area (TPSA) is 41.7 Å². The summed E-state index contributed by atoms with van der Waals surface area (Å²) >= 11 is 5.49. The van der Waals surface area contributed by atoms with Crippen molar-refractivity contribution >= 4 is 17.4 Å². The molecule has 1 aromatic carbocycles. The van der Waals surface area contributed by atoms with Gasteiger partial charge >= 0.3 is 0 Å². The maximum atomic E-state index is 5.73. The van der Waals surface area contributed by atoms with Gasteiger partial charge in [0.25, 0.3) is 5.17 Å². The number of piperidine rings is 1. The largest absolute Gasteiger partial charge is 0.468 e. The minimum atomic E-state index is 0.265. The van der Waals surface area contributed by atoms with Crippen molar-refractivity contribution in [2.75, 3.05) is 26.2 Å². The fraction of sp³-hybridized carbons (Fsp3) is 0.611. The van der Waals surface area contributed by atoms with Crippen molar-refractivity contribution in [3.05, 3.63) is 35.9 Å². The van der Waals surface area contributed by atoms with Crippen LogP contribution in [-0.2, 0) is 4.74 Å². The summed E-state index contributed by atoms with van der Waals surface area (Å²) in [4.78, 5) is 4.90. The molecule has 0 amide bonds. The highest BCUT2D eigenvalue weighted by molar-refractivity contribution is 7.80. The number of hydrogen-bond acceptors (Lipinski definition) is 4. The Morgan fingerprint density at radius 1 is 1.26 bits per heavy atom. The highest BCUT2D eigenvalue weighted by Gasteiger charge is 2.38. The van der Waals surface area contributed by atoms with Crippen LogP contribution in [0, 0.1) is 0 Å². The van der Waals surface area contributed by atoms with Crippen molar-refractivity contribution in [1.82, 2.24) is 9.80 Å². The van der Waals surface area contributed by atoms with Crippen LogP contribution in [0.3, 0.4) is 0 Å². The van der Waals surface area contributed by atoms with Crippen LogP contribution in [0.25, 0.3) is 0 Å². The van der Waals surface area contributed by atoms with Gasteiger partial charge in [0, 0.05) is 25.2 Å². The highest BCUT2D eigenvalue weighted by atomic mass is 32.1. The first kappa shape index (κ1) is 16.7. The molecule has 4 nitrogen and oxygen atoms in total. The van der Waals surface area contributed by atoms with Crippen LogP contribution in [0.5, 0.6) is 0 Å². The molecule has 2 heterocycles. The van der Waals surface area contributed by atoms with Gasteiger partial charge in [-0.1, -0.05) is 30.3 Å². The highest BCUT2D eigenvalue weighted by Crippen LogP contribution is 2.33. The normalized spacial score (nSPS) is 24.7. The predicted octanol–water partition coefficient (Wildman–Crippen LogP) is 2.55. The molecule has 126 valence electrons. The van der Waals surface area contributed by atoms with E-state index in [1.54, 1.807) is 0 Å². The summed E-state index contributed by atoms with van der Waals surface area (Å²) in [7, 11) is 0. The summed E-state index contributed by atoms with van der Waals surface area (Å²) in [5.41, 5.74) is 6.99. The van der Waals surface area contributed by atoms with E-state index in [0.717, 1.165) is 38.9 Å². The van der Waals surface area contributed by atoms with Crippen molar-refractivity contribution in [3.63, 3.8) is 0 Å². The van der Waals surface area contributed by atoms with E-state index in [2.05, 4.69) is 47.1 Å². The number of thiocarbonyl (C=S) groups is 1. The maximum absolute atomic E-state index is 5.73. The summed E-state index contributed by atoms with van der Waals surface area (Å²) in [5, 5.41) is 0.673. The van der Waals surface area contributed by atoms with E-state index >= 15 is 0 Å². The molecule has 2 unspecified atom stereocenters. The molecule has 2 aliphatic heterocycles. The van der Waals surface area contributed by atoms with Gasteiger partial charge in [0.05, 0.1) is 6.04 Å². The molecule has 0 spiro atoms. The molecule has 0 aliphatic carbocycles. The number of benzene rings is 1. The van der Waals surface area contributed by atoms with E-state index in [1.165, 1.54) is 5.56 Å². The Morgan fingerprint density at radius 2 is 1.96 bits per heavy atom. The molecule has 2 N–H and O–H groups in total. The maximum Gasteiger partial charge on any atom is 0.260 e. The van der Waals surface area contributed by atoms with Gasteiger partial charge in [-0.25, -0.2) is 0 Å². The number of hydrogen-bond donors (Lipinski definition) is 1. The molecule has 0 aromatic heterocycles. The summed E-state index contributed by atoms with van der Waals surface area (Å²) < 4.78 is 5.73. The van der Waals surface area contributed by atoms with Crippen molar-refractivity contribution in [3.8, 4) is 0 Å². The Balaban J connectivity index is 1.65. The van der Waals surface area contributed by atoms with Gasteiger partial charge in [0.15, 0.2) is 0 Å². The lowest BCUT2D eigenvalue weighted by Crippen LogP contribution is -2.48. The Kier molecular flexibility index (Phi) is 5.51. The van der Waals surface area contributed by atoms with Crippen molar-refractivity contribution in [1.29, 1.82) is 0 Å². The van der Waals surface area contributed by atoms with Crippen LogP contribution in [0.1, 0.15) is 37.8 Å². The number of likely N-dealkylation sites (tertiary alicyclic amines) is 1. The lowest BCUT2D eigenvalue weighted by Gasteiger charge is -2.41. The number of nitrogens with zero attached hydrogens (tertiary/aromatic N) is 2. The fourth-order valence-electron chi connectivity index (χ4n) is 3.80. The third kappa shape index (κ3) is 3.67. The summed E-state index contributed by atoms with van der Waals surface area (Å²) in [5.74, 6) is 0. The quantitative estimate of drug-likeness (QED) is 0.839. The zero-order valence-electron chi connectivity index (χ0n) is 13.9. The molecule has 1 aromatic rings. The first-order chi connectivity index (χ1) is 11.2. The van der Waals surface area contributed by atoms with Gasteiger partial charge in [-0.15, -0.1) is 0 Å². The van der Waals surface area contributed by atoms with E-state index in [0.29, 0.717) is 23.9 Å². The molecule has 2 fully saturated rings. The third-order valence-electron chi connectivity index (χ3n) is 5.20. The first-order valence-electron chi connectivity index (χ1n) is 8.65. The van der Waals surface area contributed by atoms with Crippen LogP contribution in [-0.4, -0.2) is 53.3 Å². The molecule has 3 rings (SSSR count). The smallest absolute Gasteiger partial charge is 0.260 e. The molecular formula is C18H27N3OS. The average Bonchev–Trinajstić information content (AvgIpc) is 2.97. The van der Waals surface area contributed by atoms with Crippen molar-refractivity contribution < 1.29 is 4.74 Å². The molecule has 2 atom stereocenters. The predicted molar refractivity (Wildman–Crippen MR) is 97.3 cm³/mol. The fourth-order valence-corrected chi connectivity index (χ4v) is 4.14. The lowest BCUT2D eigenvalue weighted by molar-refractivity contribution is 0.109. The number of nitrogens with two attached hydrogens (primary N) is 1. The van der Waals surface area contributed by atoms with Crippen LogP contribution in [0.15, 0.2) is 30.3 Å². The van der Waals surface area contributed by atoms with Gasteiger partial charge in [-0.05, 0) is 50.5 Å². The third-order valence-corrected chi connectivity index (χ3v) is 5.52. The molecule has 23 heavy (non-hydrogen) atoms. The van der Waals surface area contributed by atoms with E-state index in [9.17, 15) is 0 Å². The van der Waals surface area contributed by atoms with Gasteiger partial charge in [-0.3, -0.25) is 0 Å². The second kappa shape index (κ2) is 7.60.